The lowest BCUT2D eigenvalue weighted by molar-refractivity contribution is -0.148. The molecule has 1 aliphatic rings. The molecule has 31 heavy (non-hydrogen) atoms. The van der Waals surface area contributed by atoms with E-state index >= 15 is 0 Å². The van der Waals surface area contributed by atoms with Crippen LogP contribution in [-0.2, 0) is 40.3 Å². The normalized spacial score (nSPS) is 12.9. The molecule has 0 atom stereocenters. The zero-order valence-electron chi connectivity index (χ0n) is 17.2. The zero-order chi connectivity index (χ0) is 21.8. The summed E-state index contributed by atoms with van der Waals surface area (Å²) < 4.78 is 6.56. The van der Waals surface area contributed by atoms with Crippen molar-refractivity contribution in [3.63, 3.8) is 0 Å². The Morgan fingerprint density at radius 2 is 1.97 bits per heavy atom. The molecule has 1 aliphatic carbocycles. The van der Waals surface area contributed by atoms with Crippen molar-refractivity contribution in [2.45, 2.75) is 45.7 Å². The highest BCUT2D eigenvalue weighted by molar-refractivity contribution is 7.16. The number of hydrogen-bond acceptors (Lipinski definition) is 7. The van der Waals surface area contributed by atoms with E-state index in [1.54, 1.807) is 28.5 Å². The Labute approximate surface area is 187 Å². The number of fused-ring (bicyclic) bond motifs is 1. The van der Waals surface area contributed by atoms with Crippen molar-refractivity contribution in [3.8, 4) is 0 Å². The summed E-state index contributed by atoms with van der Waals surface area (Å²) in [5, 5.41) is 2.33. The average molecular weight is 458 g/mol. The van der Waals surface area contributed by atoms with Crippen LogP contribution in [0, 0.1) is 6.92 Å². The quantitative estimate of drug-likeness (QED) is 0.509. The van der Waals surface area contributed by atoms with Crippen molar-refractivity contribution >= 4 is 39.7 Å². The van der Waals surface area contributed by atoms with E-state index in [0.29, 0.717) is 17.4 Å². The number of esters is 1. The number of aromatic nitrogens is 2. The van der Waals surface area contributed by atoms with Gasteiger partial charge in [-0.15, -0.1) is 11.3 Å². The second kappa shape index (κ2) is 9.57. The fourth-order valence-electron chi connectivity index (χ4n) is 3.47. The molecular weight excluding hydrogens is 434 g/mol. The number of carbonyl (C=O) groups is 2. The Morgan fingerprint density at radius 3 is 2.68 bits per heavy atom. The molecule has 0 radical (unpaired) electrons. The number of anilines is 1. The summed E-state index contributed by atoms with van der Waals surface area (Å²) in [5.74, 6) is -0.951. The van der Waals surface area contributed by atoms with Gasteiger partial charge in [-0.1, -0.05) is 41.7 Å². The first-order valence-corrected chi connectivity index (χ1v) is 11.8. The van der Waals surface area contributed by atoms with Crippen LogP contribution in [0.25, 0.3) is 0 Å². The standard InChI is InChI=1S/C22H23N3O4S2/c1-15-14-30-22(28)24(15)12-20(27)29-13-19(26)25(11-16-7-3-2-4-8-16)21-23-17-9-5-6-10-18(17)31-21/h2-4,7-8,14H,5-6,9-13H2,1H3. The predicted octanol–water partition coefficient (Wildman–Crippen LogP) is 3.33. The fourth-order valence-corrected chi connectivity index (χ4v) is 5.37. The van der Waals surface area contributed by atoms with Gasteiger partial charge in [-0.3, -0.25) is 23.9 Å². The molecule has 9 heteroatoms. The van der Waals surface area contributed by atoms with Gasteiger partial charge in [-0.25, -0.2) is 4.98 Å². The first kappa shape index (κ1) is 21.5. The molecule has 1 aromatic carbocycles. The van der Waals surface area contributed by atoms with Gasteiger partial charge in [0.15, 0.2) is 11.7 Å². The summed E-state index contributed by atoms with van der Waals surface area (Å²) in [6, 6.07) is 9.67. The van der Waals surface area contributed by atoms with Gasteiger partial charge in [0.1, 0.15) is 6.54 Å². The lowest BCUT2D eigenvalue weighted by Crippen LogP contribution is -2.35. The minimum absolute atomic E-state index is 0.203. The van der Waals surface area contributed by atoms with Crippen LogP contribution in [-0.4, -0.2) is 28.0 Å². The predicted molar refractivity (Wildman–Crippen MR) is 121 cm³/mol. The molecule has 0 unspecified atom stereocenters. The van der Waals surface area contributed by atoms with E-state index in [0.717, 1.165) is 48.3 Å². The van der Waals surface area contributed by atoms with Gasteiger partial charge in [0.05, 0.1) is 12.2 Å². The second-order valence-electron chi connectivity index (χ2n) is 7.43. The van der Waals surface area contributed by atoms with E-state index in [1.807, 2.05) is 30.3 Å². The summed E-state index contributed by atoms with van der Waals surface area (Å²) in [7, 11) is 0. The highest BCUT2D eigenvalue weighted by Crippen LogP contribution is 2.32. The van der Waals surface area contributed by atoms with Crippen molar-refractivity contribution < 1.29 is 14.3 Å². The van der Waals surface area contributed by atoms with Crippen LogP contribution < -0.4 is 9.77 Å². The summed E-state index contributed by atoms with van der Waals surface area (Å²) in [4.78, 5) is 44.4. The van der Waals surface area contributed by atoms with Crippen molar-refractivity contribution in [3.05, 3.63) is 67.2 Å². The van der Waals surface area contributed by atoms with Gasteiger partial charge in [-0.2, -0.15) is 0 Å². The third-order valence-electron chi connectivity index (χ3n) is 5.17. The SMILES string of the molecule is Cc1csc(=O)n1CC(=O)OCC(=O)N(Cc1ccccc1)c1nc2c(s1)CCCC2. The summed E-state index contributed by atoms with van der Waals surface area (Å²) in [6.45, 7) is 1.51. The number of carbonyl (C=O) groups excluding carboxylic acids is 2. The number of hydrogen-bond donors (Lipinski definition) is 0. The van der Waals surface area contributed by atoms with Crippen LogP contribution in [0.3, 0.4) is 0 Å². The van der Waals surface area contributed by atoms with E-state index in [4.69, 9.17) is 9.72 Å². The molecule has 0 saturated heterocycles. The van der Waals surface area contributed by atoms with Gasteiger partial charge < -0.3 is 4.74 Å². The van der Waals surface area contributed by atoms with Crippen LogP contribution in [0.15, 0.2) is 40.5 Å². The molecule has 7 nitrogen and oxygen atoms in total. The van der Waals surface area contributed by atoms with Crippen LogP contribution >= 0.6 is 22.7 Å². The van der Waals surface area contributed by atoms with E-state index in [-0.39, 0.29) is 17.3 Å². The maximum Gasteiger partial charge on any atom is 0.326 e. The maximum absolute atomic E-state index is 13.1. The van der Waals surface area contributed by atoms with Gasteiger partial charge in [-0.05, 0) is 38.2 Å². The summed E-state index contributed by atoms with van der Waals surface area (Å²) >= 11 is 2.57. The molecule has 1 amide bonds. The largest absolute Gasteiger partial charge is 0.454 e. The number of rotatable bonds is 7. The monoisotopic (exact) mass is 457 g/mol. The van der Waals surface area contributed by atoms with E-state index in [2.05, 4.69) is 0 Å². The molecule has 162 valence electrons. The molecule has 0 fully saturated rings. The van der Waals surface area contributed by atoms with Crippen LogP contribution in [0.4, 0.5) is 5.13 Å². The molecule has 3 aromatic rings. The van der Waals surface area contributed by atoms with Crippen molar-refractivity contribution in [1.29, 1.82) is 0 Å². The number of benzene rings is 1. The highest BCUT2D eigenvalue weighted by Gasteiger charge is 2.24. The smallest absolute Gasteiger partial charge is 0.326 e. The minimum Gasteiger partial charge on any atom is -0.454 e. The maximum atomic E-state index is 13.1. The molecule has 0 bridgehead atoms. The molecule has 0 N–H and O–H groups in total. The third kappa shape index (κ3) is 5.11. The van der Waals surface area contributed by atoms with Gasteiger partial charge in [0.2, 0.25) is 0 Å². The third-order valence-corrected chi connectivity index (χ3v) is 7.23. The minimum atomic E-state index is -0.616. The van der Waals surface area contributed by atoms with Crippen LogP contribution in [0.5, 0.6) is 0 Å². The van der Waals surface area contributed by atoms with Crippen molar-refractivity contribution in [1.82, 2.24) is 9.55 Å². The van der Waals surface area contributed by atoms with E-state index < -0.39 is 12.6 Å². The Kier molecular flexibility index (Phi) is 6.62. The first-order valence-electron chi connectivity index (χ1n) is 10.1. The zero-order valence-corrected chi connectivity index (χ0v) is 18.8. The molecule has 4 rings (SSSR count). The van der Waals surface area contributed by atoms with E-state index in [1.165, 1.54) is 9.44 Å². The second-order valence-corrected chi connectivity index (χ2v) is 9.31. The molecular formula is C22H23N3O4S2. The lowest BCUT2D eigenvalue weighted by Gasteiger charge is -2.20. The topological polar surface area (TPSA) is 81.5 Å². The molecule has 0 aliphatic heterocycles. The summed E-state index contributed by atoms with van der Waals surface area (Å²) in [6.07, 6.45) is 4.18. The van der Waals surface area contributed by atoms with Crippen LogP contribution in [0.2, 0.25) is 0 Å². The molecule has 2 heterocycles. The number of aryl methyl sites for hydroxylation is 3. The first-order chi connectivity index (χ1) is 15.0. The van der Waals surface area contributed by atoms with Crippen molar-refractivity contribution in [2.24, 2.45) is 0 Å². The number of amides is 1. The molecule has 2 aromatic heterocycles. The Morgan fingerprint density at radius 1 is 1.19 bits per heavy atom. The lowest BCUT2D eigenvalue weighted by atomic mass is 10.0. The van der Waals surface area contributed by atoms with Crippen LogP contribution in [0.1, 0.15) is 34.7 Å². The molecule has 0 saturated carbocycles. The summed E-state index contributed by atoms with van der Waals surface area (Å²) in [5.41, 5.74) is 2.73. The number of thiazole rings is 2. The van der Waals surface area contributed by atoms with Gasteiger partial charge in [0, 0.05) is 16.0 Å². The van der Waals surface area contributed by atoms with Crippen molar-refractivity contribution in [2.75, 3.05) is 11.5 Å². The number of nitrogens with zero attached hydrogens (tertiary/aromatic N) is 3. The van der Waals surface area contributed by atoms with Gasteiger partial charge >= 0.3 is 10.8 Å². The molecule has 0 spiro atoms. The van der Waals surface area contributed by atoms with Gasteiger partial charge in [0.25, 0.3) is 5.91 Å². The fraction of sp³-hybridized carbons (Fsp3) is 0.364. The Hall–Kier alpha value is -2.78. The number of ether oxygens (including phenoxy) is 1. The Bertz CT molecular complexity index is 1110. The average Bonchev–Trinajstić information content (AvgIpc) is 3.35. The van der Waals surface area contributed by atoms with E-state index in [9.17, 15) is 14.4 Å². The highest BCUT2D eigenvalue weighted by atomic mass is 32.1. The Balaban J connectivity index is 1.48.